The summed E-state index contributed by atoms with van der Waals surface area (Å²) in [6.45, 7) is 13.2. The molecule has 0 saturated carbocycles. The van der Waals surface area contributed by atoms with E-state index in [1.165, 1.54) is 6.08 Å². The SMILES string of the molecule is CC(C)(C)C(C=C[C]=O)C(C)(C)C. The van der Waals surface area contributed by atoms with Crippen LogP contribution in [0.2, 0.25) is 0 Å². The van der Waals surface area contributed by atoms with E-state index >= 15 is 0 Å². The Balaban J connectivity index is 4.77. The second-order valence-electron chi connectivity index (χ2n) is 5.69. The quantitative estimate of drug-likeness (QED) is 0.597. The third-order valence-corrected chi connectivity index (χ3v) is 2.22. The summed E-state index contributed by atoms with van der Waals surface area (Å²) in [7, 11) is 0. The first-order valence-electron chi connectivity index (χ1n) is 4.74. The van der Waals surface area contributed by atoms with Crippen molar-refractivity contribution in [3.63, 3.8) is 0 Å². The summed E-state index contributed by atoms with van der Waals surface area (Å²) in [6.07, 6.45) is 5.26. The third-order valence-electron chi connectivity index (χ3n) is 2.22. The lowest BCUT2D eigenvalue weighted by Crippen LogP contribution is -2.30. The predicted octanol–water partition coefficient (Wildman–Crippen LogP) is 3.36. The molecule has 0 fully saturated rings. The average molecular weight is 181 g/mol. The molecular formula is C12H21O. The third kappa shape index (κ3) is 4.25. The minimum Gasteiger partial charge on any atom is -0.286 e. The molecule has 0 saturated heterocycles. The van der Waals surface area contributed by atoms with Gasteiger partial charge in [-0.25, -0.2) is 0 Å². The van der Waals surface area contributed by atoms with Gasteiger partial charge in [-0.05, 0) is 22.8 Å². The molecule has 1 nitrogen and oxygen atoms in total. The zero-order valence-corrected chi connectivity index (χ0v) is 9.64. The molecule has 0 bridgehead atoms. The highest BCUT2D eigenvalue weighted by Crippen LogP contribution is 2.40. The van der Waals surface area contributed by atoms with Crippen LogP contribution < -0.4 is 0 Å². The maximum atomic E-state index is 10.2. The molecule has 0 aromatic heterocycles. The standard InChI is InChI=1S/C12H21O/c1-11(2,3)10(8-7-9-13)12(4,5)6/h7-8,10H,1-6H3. The summed E-state index contributed by atoms with van der Waals surface area (Å²) in [6, 6.07) is 0. The monoisotopic (exact) mass is 181 g/mol. The Bertz CT molecular complexity index is 174. The van der Waals surface area contributed by atoms with E-state index in [0.717, 1.165) is 0 Å². The van der Waals surface area contributed by atoms with Gasteiger partial charge in [-0.2, -0.15) is 0 Å². The molecule has 1 heteroatoms. The van der Waals surface area contributed by atoms with Crippen molar-refractivity contribution in [2.24, 2.45) is 16.7 Å². The highest BCUT2D eigenvalue weighted by molar-refractivity contribution is 5.65. The molecule has 0 aromatic rings. The van der Waals surface area contributed by atoms with Crippen LogP contribution in [0.15, 0.2) is 12.2 Å². The molecule has 75 valence electrons. The highest BCUT2D eigenvalue weighted by Gasteiger charge is 2.32. The molecule has 0 spiro atoms. The van der Waals surface area contributed by atoms with Crippen LogP contribution in [-0.4, -0.2) is 6.29 Å². The van der Waals surface area contributed by atoms with Crippen LogP contribution >= 0.6 is 0 Å². The molecule has 0 aliphatic carbocycles. The van der Waals surface area contributed by atoms with Crippen molar-refractivity contribution in [1.29, 1.82) is 0 Å². The smallest absolute Gasteiger partial charge is 0.225 e. The summed E-state index contributed by atoms with van der Waals surface area (Å²) in [5.74, 6) is 0.390. The second kappa shape index (κ2) is 4.08. The van der Waals surface area contributed by atoms with Crippen LogP contribution in [-0.2, 0) is 4.79 Å². The van der Waals surface area contributed by atoms with Crippen molar-refractivity contribution in [2.75, 3.05) is 0 Å². The maximum absolute atomic E-state index is 10.2. The van der Waals surface area contributed by atoms with Gasteiger partial charge in [0.2, 0.25) is 6.29 Å². The van der Waals surface area contributed by atoms with Crippen LogP contribution in [0.4, 0.5) is 0 Å². The molecule has 13 heavy (non-hydrogen) atoms. The molecule has 0 aliphatic heterocycles. The Morgan fingerprint density at radius 1 is 1.00 bits per heavy atom. The lowest BCUT2D eigenvalue weighted by molar-refractivity contribution is 0.149. The van der Waals surface area contributed by atoms with E-state index in [9.17, 15) is 4.79 Å². The fourth-order valence-electron chi connectivity index (χ4n) is 2.01. The molecule has 0 heterocycles. The van der Waals surface area contributed by atoms with E-state index in [4.69, 9.17) is 0 Å². The topological polar surface area (TPSA) is 17.1 Å². The van der Waals surface area contributed by atoms with Crippen molar-refractivity contribution in [3.8, 4) is 0 Å². The molecule has 0 rings (SSSR count). The van der Waals surface area contributed by atoms with Crippen LogP contribution in [0.5, 0.6) is 0 Å². The first-order valence-corrected chi connectivity index (χ1v) is 4.74. The average Bonchev–Trinajstić information content (AvgIpc) is 1.81. The molecule has 0 N–H and O–H groups in total. The summed E-state index contributed by atoms with van der Waals surface area (Å²) in [4.78, 5) is 10.2. The maximum Gasteiger partial charge on any atom is 0.225 e. The molecule has 0 amide bonds. The lowest BCUT2D eigenvalue weighted by Gasteiger charge is -2.38. The fraction of sp³-hybridized carbons (Fsp3) is 0.750. The van der Waals surface area contributed by atoms with Gasteiger partial charge in [0.05, 0.1) is 0 Å². The van der Waals surface area contributed by atoms with Crippen LogP contribution in [0.25, 0.3) is 0 Å². The largest absolute Gasteiger partial charge is 0.286 e. The van der Waals surface area contributed by atoms with Gasteiger partial charge in [0, 0.05) is 0 Å². The number of carbonyl (C=O) groups excluding carboxylic acids is 1. The van der Waals surface area contributed by atoms with Gasteiger partial charge in [-0.1, -0.05) is 47.6 Å². The van der Waals surface area contributed by atoms with E-state index in [-0.39, 0.29) is 10.8 Å². The van der Waals surface area contributed by atoms with E-state index < -0.39 is 0 Å². The molecule has 0 aliphatic rings. The van der Waals surface area contributed by atoms with Crippen molar-refractivity contribution >= 4 is 6.29 Å². The Kier molecular flexibility index (Phi) is 3.89. The van der Waals surface area contributed by atoms with Crippen molar-refractivity contribution in [1.82, 2.24) is 0 Å². The number of hydrogen-bond acceptors (Lipinski definition) is 1. The summed E-state index contributed by atoms with van der Waals surface area (Å²) in [5.41, 5.74) is 0.372. The van der Waals surface area contributed by atoms with E-state index in [2.05, 4.69) is 41.5 Å². The summed E-state index contributed by atoms with van der Waals surface area (Å²) in [5, 5.41) is 0. The van der Waals surface area contributed by atoms with Crippen molar-refractivity contribution in [3.05, 3.63) is 12.2 Å². The van der Waals surface area contributed by atoms with Gasteiger partial charge in [-0.3, -0.25) is 4.79 Å². The minimum absolute atomic E-state index is 0.186. The summed E-state index contributed by atoms with van der Waals surface area (Å²) >= 11 is 0. The first kappa shape index (κ1) is 12.4. The van der Waals surface area contributed by atoms with E-state index in [0.29, 0.717) is 5.92 Å². The van der Waals surface area contributed by atoms with Crippen LogP contribution in [0, 0.1) is 16.7 Å². The molecule has 0 unspecified atom stereocenters. The number of hydrogen-bond donors (Lipinski definition) is 0. The zero-order valence-electron chi connectivity index (χ0n) is 9.64. The highest BCUT2D eigenvalue weighted by atomic mass is 16.1. The Labute approximate surface area is 82.2 Å². The Hall–Kier alpha value is -0.590. The van der Waals surface area contributed by atoms with Gasteiger partial charge in [0.25, 0.3) is 0 Å². The summed E-state index contributed by atoms with van der Waals surface area (Å²) < 4.78 is 0. The van der Waals surface area contributed by atoms with Crippen LogP contribution in [0.1, 0.15) is 41.5 Å². The fourth-order valence-corrected chi connectivity index (χ4v) is 2.01. The van der Waals surface area contributed by atoms with Crippen molar-refractivity contribution < 1.29 is 4.79 Å². The van der Waals surface area contributed by atoms with Gasteiger partial charge in [-0.15, -0.1) is 0 Å². The van der Waals surface area contributed by atoms with Gasteiger partial charge >= 0.3 is 0 Å². The molecule has 0 atom stereocenters. The predicted molar refractivity (Wildman–Crippen MR) is 57.2 cm³/mol. The molecular weight excluding hydrogens is 160 g/mol. The number of allylic oxidation sites excluding steroid dienone is 2. The first-order chi connectivity index (χ1) is 5.69. The zero-order chi connectivity index (χ0) is 10.7. The second-order valence-corrected chi connectivity index (χ2v) is 5.69. The Morgan fingerprint density at radius 2 is 1.38 bits per heavy atom. The normalized spacial score (nSPS) is 14.1. The van der Waals surface area contributed by atoms with Gasteiger partial charge in [0.15, 0.2) is 0 Å². The Morgan fingerprint density at radius 3 is 1.62 bits per heavy atom. The number of rotatable bonds is 2. The lowest BCUT2D eigenvalue weighted by atomic mass is 9.66. The minimum atomic E-state index is 0.186. The van der Waals surface area contributed by atoms with Crippen molar-refractivity contribution in [2.45, 2.75) is 41.5 Å². The molecule has 0 aromatic carbocycles. The van der Waals surface area contributed by atoms with Crippen LogP contribution in [0.3, 0.4) is 0 Å². The van der Waals surface area contributed by atoms with Gasteiger partial charge in [0.1, 0.15) is 0 Å². The van der Waals surface area contributed by atoms with E-state index in [1.807, 2.05) is 12.4 Å². The molecule has 1 radical (unpaired) electrons. The van der Waals surface area contributed by atoms with E-state index in [1.54, 1.807) is 0 Å². The van der Waals surface area contributed by atoms with Gasteiger partial charge < -0.3 is 0 Å².